The maximum atomic E-state index is 13.8. The lowest BCUT2D eigenvalue weighted by Crippen LogP contribution is -2.51. The zero-order valence-corrected chi connectivity index (χ0v) is 34.9. The van der Waals surface area contributed by atoms with Crippen LogP contribution in [0.4, 0.5) is 9.59 Å². The Balaban J connectivity index is 1.03. The van der Waals surface area contributed by atoms with Crippen molar-refractivity contribution in [2.75, 3.05) is 27.2 Å². The maximum absolute atomic E-state index is 13.8. The van der Waals surface area contributed by atoms with Crippen LogP contribution in [0.5, 0.6) is 0 Å². The van der Waals surface area contributed by atoms with Crippen molar-refractivity contribution in [3.05, 3.63) is 84.4 Å². The first-order chi connectivity index (χ1) is 28.8. The standard InChI is InChI=1S/C46H52N8O6/c1-25(2)39(51-45(57)60-6)43(55)53-19-7-9-37(53)41-47-33-17-15-30(23-35(33)49-41)28-13-11-27-12-14-29(22-32(27)21-28)31-16-18-34-36(24-31)50-42(48-34)38-10-8-20-54(38)44(56)40(26(3)4)52(5)46(58)59/h11-18,21-26,37-40H,7-10,19-20H2,1-6H3,(H,47,49)(H,48,50)(H,51,57)(H,58,59)/t37-,38-,39-,40-/m0/s1. The van der Waals surface area contributed by atoms with E-state index in [1.165, 1.54) is 14.2 Å². The van der Waals surface area contributed by atoms with Gasteiger partial charge in [0.2, 0.25) is 11.8 Å². The summed E-state index contributed by atoms with van der Waals surface area (Å²) in [6.07, 6.45) is 1.43. The average molecular weight is 813 g/mol. The highest BCUT2D eigenvalue weighted by molar-refractivity contribution is 5.93. The van der Waals surface area contributed by atoms with Gasteiger partial charge in [0.1, 0.15) is 23.7 Å². The number of fused-ring (bicyclic) bond motifs is 3. The van der Waals surface area contributed by atoms with Crippen molar-refractivity contribution in [3.63, 3.8) is 0 Å². The van der Waals surface area contributed by atoms with E-state index in [2.05, 4.69) is 75.9 Å². The summed E-state index contributed by atoms with van der Waals surface area (Å²) in [6, 6.07) is 23.3. The van der Waals surface area contributed by atoms with E-state index in [-0.39, 0.29) is 35.7 Å². The quantitative estimate of drug-likeness (QED) is 0.107. The van der Waals surface area contributed by atoms with Gasteiger partial charge in [0.25, 0.3) is 0 Å². The van der Waals surface area contributed by atoms with Crippen LogP contribution in [-0.2, 0) is 14.3 Å². The number of carbonyl (C=O) groups excluding carboxylic acids is 3. The third-order valence-electron chi connectivity index (χ3n) is 12.2. The van der Waals surface area contributed by atoms with E-state index in [9.17, 15) is 24.3 Å². The second kappa shape index (κ2) is 16.3. The van der Waals surface area contributed by atoms with E-state index < -0.39 is 24.3 Å². The van der Waals surface area contributed by atoms with Crippen molar-refractivity contribution >= 4 is 56.8 Å². The summed E-state index contributed by atoms with van der Waals surface area (Å²) in [4.78, 5) is 72.8. The van der Waals surface area contributed by atoms with Crippen molar-refractivity contribution in [1.29, 1.82) is 0 Å². The number of H-pyrrole nitrogens is 2. The number of aromatic nitrogens is 4. The van der Waals surface area contributed by atoms with Crippen LogP contribution >= 0.6 is 0 Å². The normalized spacial score (nSPS) is 17.9. The third kappa shape index (κ3) is 7.62. The summed E-state index contributed by atoms with van der Waals surface area (Å²) in [5.74, 6) is 0.809. The number of carboxylic acid groups (broad SMARTS) is 1. The summed E-state index contributed by atoms with van der Waals surface area (Å²) in [7, 11) is 2.75. The van der Waals surface area contributed by atoms with Crippen LogP contribution in [0.2, 0.25) is 0 Å². The molecule has 14 nitrogen and oxygen atoms in total. The Kier molecular flexibility index (Phi) is 11.0. The fourth-order valence-electron chi connectivity index (χ4n) is 9.03. The summed E-state index contributed by atoms with van der Waals surface area (Å²) < 4.78 is 4.79. The van der Waals surface area contributed by atoms with E-state index in [0.717, 1.165) is 91.5 Å². The first-order valence-electron chi connectivity index (χ1n) is 20.8. The van der Waals surface area contributed by atoms with E-state index in [1.807, 2.05) is 44.7 Å². The van der Waals surface area contributed by atoms with Gasteiger partial charge in [-0.25, -0.2) is 19.6 Å². The smallest absolute Gasteiger partial charge is 0.407 e. The Labute approximate surface area is 348 Å². The molecule has 2 saturated heterocycles. The number of hydrogen-bond donors (Lipinski definition) is 4. The molecule has 2 aliphatic rings. The Hall–Kier alpha value is -6.44. The molecule has 4 heterocycles. The summed E-state index contributed by atoms with van der Waals surface area (Å²) in [6.45, 7) is 8.69. The highest BCUT2D eigenvalue weighted by Crippen LogP contribution is 2.37. The fraction of sp³-hybridized carbons (Fsp3) is 0.391. The van der Waals surface area contributed by atoms with Gasteiger partial charge in [0.15, 0.2) is 0 Å². The summed E-state index contributed by atoms with van der Waals surface area (Å²) in [5, 5.41) is 14.6. The minimum Gasteiger partial charge on any atom is -0.465 e. The molecule has 0 aliphatic carbocycles. The predicted molar refractivity (Wildman–Crippen MR) is 230 cm³/mol. The van der Waals surface area contributed by atoms with E-state index in [4.69, 9.17) is 14.7 Å². The summed E-state index contributed by atoms with van der Waals surface area (Å²) >= 11 is 0. The van der Waals surface area contributed by atoms with Crippen LogP contribution in [0.25, 0.3) is 55.1 Å². The molecule has 2 aromatic heterocycles. The van der Waals surface area contributed by atoms with Crippen LogP contribution in [0.3, 0.4) is 0 Å². The minimum absolute atomic E-state index is 0.115. The Morgan fingerprint density at radius 2 is 1.20 bits per heavy atom. The van der Waals surface area contributed by atoms with E-state index >= 15 is 0 Å². The molecule has 0 saturated carbocycles. The molecule has 0 bridgehead atoms. The van der Waals surface area contributed by atoms with Gasteiger partial charge < -0.3 is 34.9 Å². The molecular formula is C46H52N8O6. The first kappa shape index (κ1) is 40.3. The van der Waals surface area contributed by atoms with Crippen LogP contribution in [0.1, 0.15) is 77.1 Å². The fourth-order valence-corrected chi connectivity index (χ4v) is 9.03. The number of nitrogens with one attached hydrogen (secondary N) is 3. The predicted octanol–water partition coefficient (Wildman–Crippen LogP) is 8.27. The molecule has 8 rings (SSSR count). The minimum atomic E-state index is -1.12. The number of rotatable bonds is 10. The van der Waals surface area contributed by atoms with Gasteiger partial charge in [-0.1, -0.05) is 64.1 Å². The number of nitrogens with zero attached hydrogens (tertiary/aromatic N) is 5. The van der Waals surface area contributed by atoms with Crippen molar-refractivity contribution in [2.45, 2.75) is 77.5 Å². The van der Waals surface area contributed by atoms with E-state index in [1.54, 1.807) is 4.90 Å². The highest BCUT2D eigenvalue weighted by atomic mass is 16.5. The number of aromatic amines is 2. The SMILES string of the molecule is COC(=O)N[C@H](C(=O)N1CCC[C@H]1c1nc2ccc(-c3ccc4ccc(-c5ccc6nc([C@@H]7CCCN7C(=O)[C@H](C(C)C)N(C)C(=O)O)[nH]c6c5)cc4c3)cc2[nH]1)C(C)C. The van der Waals surface area contributed by atoms with Crippen LogP contribution in [-0.4, -0.2) is 103 Å². The number of likely N-dealkylation sites (N-methyl/N-ethyl adjacent to an activating group) is 1. The lowest BCUT2D eigenvalue weighted by atomic mass is 9.97. The average Bonchev–Trinajstić information content (AvgIpc) is 4.07. The molecule has 312 valence electrons. The van der Waals surface area contributed by atoms with Gasteiger partial charge in [-0.2, -0.15) is 0 Å². The summed E-state index contributed by atoms with van der Waals surface area (Å²) in [5.41, 5.74) is 7.55. The first-order valence-corrected chi connectivity index (χ1v) is 20.8. The third-order valence-corrected chi connectivity index (χ3v) is 12.2. The van der Waals surface area contributed by atoms with Crippen molar-refractivity contribution in [3.8, 4) is 22.3 Å². The van der Waals surface area contributed by atoms with Crippen LogP contribution < -0.4 is 5.32 Å². The molecule has 2 aliphatic heterocycles. The second-order valence-corrected chi connectivity index (χ2v) is 16.8. The monoisotopic (exact) mass is 812 g/mol. The van der Waals surface area contributed by atoms with Gasteiger partial charge in [-0.05, 0) is 107 Å². The number of benzene rings is 4. The zero-order valence-electron chi connectivity index (χ0n) is 34.9. The molecule has 0 radical (unpaired) electrons. The Morgan fingerprint density at radius 1 is 0.717 bits per heavy atom. The van der Waals surface area contributed by atoms with Gasteiger partial charge in [-0.3, -0.25) is 14.5 Å². The number of likely N-dealkylation sites (tertiary alicyclic amines) is 2. The zero-order chi connectivity index (χ0) is 42.4. The van der Waals surface area contributed by atoms with Crippen molar-refractivity contribution < 1.29 is 29.0 Å². The lowest BCUT2D eigenvalue weighted by molar-refractivity contribution is -0.138. The molecular weight excluding hydrogens is 761 g/mol. The Morgan fingerprint density at radius 3 is 1.67 bits per heavy atom. The number of alkyl carbamates (subject to hydrolysis) is 1. The molecule has 4 atom stereocenters. The number of imidazole rings is 2. The molecule has 2 fully saturated rings. The molecule has 4 amide bonds. The molecule has 14 heteroatoms. The van der Waals surface area contributed by atoms with Crippen molar-refractivity contribution in [1.82, 2.24) is 40.0 Å². The van der Waals surface area contributed by atoms with Crippen LogP contribution in [0, 0.1) is 11.8 Å². The molecule has 0 unspecified atom stereocenters. The number of amides is 4. The number of carbonyl (C=O) groups is 4. The number of ether oxygens (including phenoxy) is 1. The second-order valence-electron chi connectivity index (χ2n) is 16.8. The van der Waals surface area contributed by atoms with Gasteiger partial charge in [0, 0.05) is 20.1 Å². The maximum Gasteiger partial charge on any atom is 0.407 e. The van der Waals surface area contributed by atoms with Crippen LogP contribution in [0.15, 0.2) is 72.8 Å². The molecule has 60 heavy (non-hydrogen) atoms. The molecule has 4 aromatic carbocycles. The highest BCUT2D eigenvalue weighted by Gasteiger charge is 2.40. The molecule has 4 N–H and O–H groups in total. The van der Waals surface area contributed by atoms with Gasteiger partial charge >= 0.3 is 12.2 Å². The number of methoxy groups -OCH3 is 1. The number of hydrogen-bond acceptors (Lipinski definition) is 7. The topological polar surface area (TPSA) is 177 Å². The largest absolute Gasteiger partial charge is 0.465 e. The van der Waals surface area contributed by atoms with Gasteiger partial charge in [-0.15, -0.1) is 0 Å². The lowest BCUT2D eigenvalue weighted by Gasteiger charge is -2.33. The van der Waals surface area contributed by atoms with Crippen molar-refractivity contribution in [2.24, 2.45) is 11.8 Å². The molecule has 0 spiro atoms. The van der Waals surface area contributed by atoms with Gasteiger partial charge in [0.05, 0.1) is 41.3 Å². The Bertz CT molecular complexity index is 2610. The van der Waals surface area contributed by atoms with E-state index in [0.29, 0.717) is 18.9 Å². The molecule has 6 aromatic rings.